The number of hydrogen-bond acceptors (Lipinski definition) is 5. The molecule has 2 aromatic carbocycles. The van der Waals surface area contributed by atoms with E-state index in [2.05, 4.69) is 4.98 Å². The highest BCUT2D eigenvalue weighted by Gasteiger charge is 2.22. The molecule has 2 aromatic heterocycles. The number of benzene rings is 2. The van der Waals surface area contributed by atoms with Gasteiger partial charge in [0.25, 0.3) is 5.91 Å². The van der Waals surface area contributed by atoms with Gasteiger partial charge in [0.2, 0.25) is 0 Å². The topological polar surface area (TPSA) is 55.3 Å². The van der Waals surface area contributed by atoms with E-state index in [1.54, 1.807) is 35.4 Å². The highest BCUT2D eigenvalue weighted by atomic mass is 35.5. The monoisotopic (exact) mass is 457 g/mol. The van der Waals surface area contributed by atoms with E-state index < -0.39 is 0 Å². The van der Waals surface area contributed by atoms with Crippen LogP contribution in [0.1, 0.15) is 11.3 Å². The van der Waals surface area contributed by atoms with Crippen LogP contribution >= 0.6 is 34.5 Å². The first-order valence-electron chi connectivity index (χ1n) is 9.15. The Labute approximate surface area is 187 Å². The van der Waals surface area contributed by atoms with Crippen molar-refractivity contribution in [1.82, 2.24) is 9.97 Å². The fourth-order valence-electron chi connectivity index (χ4n) is 2.93. The summed E-state index contributed by atoms with van der Waals surface area (Å²) in [5.41, 5.74) is 2.55. The number of anilines is 1. The van der Waals surface area contributed by atoms with Gasteiger partial charge < -0.3 is 4.74 Å². The quantitative estimate of drug-likeness (QED) is 0.360. The predicted octanol–water partition coefficient (Wildman–Crippen LogP) is 5.92. The Bertz CT molecular complexity index is 1180. The summed E-state index contributed by atoms with van der Waals surface area (Å²) in [7, 11) is 0. The average Bonchev–Trinajstić information content (AvgIpc) is 3.16. The van der Waals surface area contributed by atoms with Gasteiger partial charge in [-0.05, 0) is 61.0 Å². The summed E-state index contributed by atoms with van der Waals surface area (Å²) in [4.78, 5) is 23.7. The second-order valence-corrected chi connectivity index (χ2v) is 8.49. The number of amides is 1. The maximum absolute atomic E-state index is 13.1. The minimum absolute atomic E-state index is 0.135. The summed E-state index contributed by atoms with van der Waals surface area (Å²) in [6, 6.07) is 16.2. The maximum Gasteiger partial charge on any atom is 0.267 e. The van der Waals surface area contributed by atoms with Gasteiger partial charge in [0, 0.05) is 16.2 Å². The molecule has 4 aromatic rings. The average molecular weight is 458 g/mol. The number of nitrogens with zero attached hydrogens (tertiary/aromatic N) is 3. The largest absolute Gasteiger partial charge is 0.484 e. The Morgan fingerprint density at radius 3 is 2.63 bits per heavy atom. The Kier molecular flexibility index (Phi) is 6.18. The smallest absolute Gasteiger partial charge is 0.267 e. The van der Waals surface area contributed by atoms with Crippen molar-refractivity contribution in [3.05, 3.63) is 82.1 Å². The van der Waals surface area contributed by atoms with Crippen molar-refractivity contribution in [2.24, 2.45) is 0 Å². The normalized spacial score (nSPS) is 10.9. The van der Waals surface area contributed by atoms with Crippen molar-refractivity contribution in [3.8, 4) is 5.75 Å². The number of ether oxygens (including phenoxy) is 1. The Hall–Kier alpha value is -2.67. The molecule has 0 spiro atoms. The van der Waals surface area contributed by atoms with E-state index in [0.717, 1.165) is 21.5 Å². The molecule has 8 heteroatoms. The first-order valence-corrected chi connectivity index (χ1v) is 10.7. The minimum atomic E-state index is -0.224. The van der Waals surface area contributed by atoms with Crippen LogP contribution in [0, 0.1) is 6.92 Å². The molecule has 0 fully saturated rings. The molecule has 0 aliphatic rings. The van der Waals surface area contributed by atoms with Crippen LogP contribution in [0.4, 0.5) is 5.13 Å². The maximum atomic E-state index is 13.1. The number of carbonyl (C=O) groups excluding carboxylic acids is 1. The number of aryl methyl sites for hydroxylation is 1. The van der Waals surface area contributed by atoms with Gasteiger partial charge in [0.1, 0.15) is 5.75 Å². The lowest BCUT2D eigenvalue weighted by molar-refractivity contribution is -0.120. The van der Waals surface area contributed by atoms with Gasteiger partial charge in [-0.25, -0.2) is 4.98 Å². The lowest BCUT2D eigenvalue weighted by atomic mass is 10.2. The molecule has 0 atom stereocenters. The zero-order chi connectivity index (χ0) is 21.1. The molecule has 0 aliphatic carbocycles. The van der Waals surface area contributed by atoms with E-state index in [4.69, 9.17) is 32.9 Å². The molecule has 0 saturated heterocycles. The van der Waals surface area contributed by atoms with Gasteiger partial charge in [-0.1, -0.05) is 40.6 Å². The van der Waals surface area contributed by atoms with Crippen LogP contribution in [0.25, 0.3) is 10.2 Å². The van der Waals surface area contributed by atoms with E-state index in [1.807, 2.05) is 37.3 Å². The minimum Gasteiger partial charge on any atom is -0.484 e. The molecule has 0 unspecified atom stereocenters. The zero-order valence-electron chi connectivity index (χ0n) is 16.0. The van der Waals surface area contributed by atoms with Crippen LogP contribution < -0.4 is 9.64 Å². The molecule has 4 rings (SSSR count). The lowest BCUT2D eigenvalue weighted by Gasteiger charge is -2.19. The van der Waals surface area contributed by atoms with Crippen molar-refractivity contribution in [2.45, 2.75) is 13.5 Å². The van der Waals surface area contributed by atoms with Crippen molar-refractivity contribution >= 4 is 55.8 Å². The lowest BCUT2D eigenvalue weighted by Crippen LogP contribution is -2.34. The second kappa shape index (κ2) is 9.00. The Balaban J connectivity index is 1.63. The molecule has 0 bridgehead atoms. The molecule has 0 radical (unpaired) electrons. The molecule has 0 N–H and O–H groups in total. The summed E-state index contributed by atoms with van der Waals surface area (Å²) in [6.07, 6.45) is 1.70. The van der Waals surface area contributed by atoms with E-state index >= 15 is 0 Å². The Morgan fingerprint density at radius 2 is 1.90 bits per heavy atom. The highest BCUT2D eigenvalue weighted by Crippen LogP contribution is 2.33. The number of pyridine rings is 1. The molecule has 1 amide bonds. The van der Waals surface area contributed by atoms with Crippen molar-refractivity contribution in [2.75, 3.05) is 11.5 Å². The summed E-state index contributed by atoms with van der Waals surface area (Å²) in [5, 5.41) is 1.82. The molecular weight excluding hydrogens is 441 g/mol. The summed E-state index contributed by atoms with van der Waals surface area (Å²) < 4.78 is 6.59. The molecular formula is C22H17Cl2N3O2S. The van der Waals surface area contributed by atoms with Crippen LogP contribution in [-0.4, -0.2) is 22.5 Å². The first kappa shape index (κ1) is 20.6. The first-order chi connectivity index (χ1) is 14.5. The van der Waals surface area contributed by atoms with Crippen LogP contribution in [0.2, 0.25) is 10.0 Å². The molecule has 152 valence electrons. The zero-order valence-corrected chi connectivity index (χ0v) is 18.3. The van der Waals surface area contributed by atoms with Crippen LogP contribution in [-0.2, 0) is 11.3 Å². The van der Waals surface area contributed by atoms with E-state index in [-0.39, 0.29) is 19.1 Å². The number of thiazole rings is 1. The van der Waals surface area contributed by atoms with Crippen molar-refractivity contribution in [3.63, 3.8) is 0 Å². The number of carbonyl (C=O) groups is 1. The van der Waals surface area contributed by atoms with Gasteiger partial charge in [0.15, 0.2) is 11.7 Å². The number of fused-ring (bicyclic) bond motifs is 1. The third kappa shape index (κ3) is 4.73. The molecule has 0 aliphatic heterocycles. The summed E-state index contributed by atoms with van der Waals surface area (Å²) >= 11 is 13.5. The molecule has 30 heavy (non-hydrogen) atoms. The number of hydrogen-bond donors (Lipinski definition) is 0. The van der Waals surface area contributed by atoms with Crippen LogP contribution in [0.5, 0.6) is 5.75 Å². The fourth-order valence-corrected chi connectivity index (χ4v) is 4.49. The SMILES string of the molecule is Cc1cc(Cl)cc2sc(N(Cc3ccccn3)C(=O)COc3ccc(Cl)cc3)nc12. The van der Waals surface area contributed by atoms with Gasteiger partial charge in [-0.2, -0.15) is 0 Å². The third-order valence-electron chi connectivity index (χ3n) is 4.39. The van der Waals surface area contributed by atoms with Crippen LogP contribution in [0.3, 0.4) is 0 Å². The number of aromatic nitrogens is 2. The molecule has 0 saturated carbocycles. The van der Waals surface area contributed by atoms with Crippen molar-refractivity contribution < 1.29 is 9.53 Å². The fraction of sp³-hybridized carbons (Fsp3) is 0.136. The van der Waals surface area contributed by atoms with Crippen molar-refractivity contribution in [1.29, 1.82) is 0 Å². The second-order valence-electron chi connectivity index (χ2n) is 6.61. The van der Waals surface area contributed by atoms with Gasteiger partial charge in [-0.3, -0.25) is 14.7 Å². The highest BCUT2D eigenvalue weighted by molar-refractivity contribution is 7.22. The van der Waals surface area contributed by atoms with Gasteiger partial charge >= 0.3 is 0 Å². The van der Waals surface area contributed by atoms with E-state index in [9.17, 15) is 4.79 Å². The standard InChI is InChI=1S/C22H17Cl2N3O2S/c1-14-10-16(24)11-19-21(14)26-22(30-19)27(12-17-4-2-3-9-25-17)20(28)13-29-18-7-5-15(23)6-8-18/h2-11H,12-13H2,1H3. The molecule has 2 heterocycles. The Morgan fingerprint density at radius 1 is 1.10 bits per heavy atom. The summed E-state index contributed by atoms with van der Waals surface area (Å²) in [6.45, 7) is 2.10. The predicted molar refractivity (Wildman–Crippen MR) is 122 cm³/mol. The summed E-state index contributed by atoms with van der Waals surface area (Å²) in [5.74, 6) is 0.343. The number of rotatable bonds is 6. The van der Waals surface area contributed by atoms with Crippen LogP contribution in [0.15, 0.2) is 60.8 Å². The third-order valence-corrected chi connectivity index (χ3v) is 5.89. The van der Waals surface area contributed by atoms with E-state index in [1.165, 1.54) is 11.3 Å². The van der Waals surface area contributed by atoms with Gasteiger partial charge in [0.05, 0.1) is 22.5 Å². The number of halogens is 2. The van der Waals surface area contributed by atoms with Gasteiger partial charge in [-0.15, -0.1) is 0 Å². The molecule has 5 nitrogen and oxygen atoms in total. The van der Waals surface area contributed by atoms with E-state index in [0.29, 0.717) is 20.9 Å².